The molecule has 98 heavy (non-hydrogen) atoms. The zero-order valence-electron chi connectivity index (χ0n) is 59.7. The van der Waals surface area contributed by atoms with Crippen LogP contribution in [0.5, 0.6) is 23.0 Å². The number of hydrogen-bond donors (Lipinski definition) is 3. The van der Waals surface area contributed by atoms with Gasteiger partial charge in [0.1, 0.15) is 23.0 Å². The minimum Gasteiger partial charge on any atom is -0.478 e. The normalized spacial score (nSPS) is 15.8. The van der Waals surface area contributed by atoms with Gasteiger partial charge in [-0.15, -0.1) is 0 Å². The smallest absolute Gasteiger partial charge is 0.478 e. The lowest BCUT2D eigenvalue weighted by Gasteiger charge is -2.32. The summed E-state index contributed by atoms with van der Waals surface area (Å²) in [5.41, 5.74) is 18.8. The fourth-order valence-electron chi connectivity index (χ4n) is 13.2. The first-order chi connectivity index (χ1) is 46.3. The monoisotopic (exact) mass is 1320 g/mol. The van der Waals surface area contributed by atoms with Gasteiger partial charge in [-0.25, -0.2) is 4.79 Å². The van der Waals surface area contributed by atoms with E-state index in [-0.39, 0.29) is 43.5 Å². The number of carboxylic acids is 1. The maximum Gasteiger partial charge on any atom is 0.494 e. The average Bonchev–Trinajstić information content (AvgIpc) is 1.14. The molecule has 0 aromatic heterocycles. The van der Waals surface area contributed by atoms with Crippen molar-refractivity contribution < 1.29 is 42.8 Å². The average molecular weight is 1330 g/mol. The van der Waals surface area contributed by atoms with Crippen molar-refractivity contribution in [3.8, 4) is 23.0 Å². The second-order valence-electron chi connectivity index (χ2n) is 27.0. The van der Waals surface area contributed by atoms with Crippen LogP contribution in [0.3, 0.4) is 0 Å². The highest BCUT2D eigenvalue weighted by Crippen LogP contribution is 2.52. The van der Waals surface area contributed by atoms with Gasteiger partial charge in [0.2, 0.25) is 0 Å². The van der Waals surface area contributed by atoms with E-state index in [0.717, 1.165) is 148 Å². The van der Waals surface area contributed by atoms with Crippen molar-refractivity contribution >= 4 is 71.2 Å². The van der Waals surface area contributed by atoms with Gasteiger partial charge in [0.05, 0.1) is 28.0 Å². The predicted molar refractivity (Wildman–Crippen MR) is 405 cm³/mol. The van der Waals surface area contributed by atoms with Gasteiger partial charge in [-0.3, -0.25) is 4.79 Å². The summed E-state index contributed by atoms with van der Waals surface area (Å²) in [5, 5.41) is 13.1. The first-order valence-corrected chi connectivity index (χ1v) is 34.6. The molecule has 516 valence electrons. The van der Waals surface area contributed by atoms with Gasteiger partial charge >= 0.3 is 20.2 Å². The van der Waals surface area contributed by atoms with Gasteiger partial charge in [0.15, 0.2) is 0 Å². The molecule has 0 radical (unpaired) electrons. The molecular formula is C81H102B2N6O9. The highest BCUT2D eigenvalue weighted by molar-refractivity contribution is 6.62. The Morgan fingerprint density at radius 1 is 0.408 bits per heavy atom. The van der Waals surface area contributed by atoms with Crippen molar-refractivity contribution in [2.45, 2.75) is 152 Å². The first kappa shape index (κ1) is 73.5. The van der Waals surface area contributed by atoms with Crippen LogP contribution in [0, 0.1) is 0 Å². The van der Waals surface area contributed by atoms with Crippen LogP contribution in [0.25, 0.3) is 0 Å². The van der Waals surface area contributed by atoms with Crippen LogP contribution in [0.1, 0.15) is 184 Å². The number of amides is 1. The maximum atomic E-state index is 14.1. The summed E-state index contributed by atoms with van der Waals surface area (Å²) >= 11 is 0. The first-order valence-electron chi connectivity index (χ1n) is 34.6. The molecule has 0 bridgehead atoms. The molecule has 17 heteroatoms. The topological polar surface area (TPSA) is 161 Å². The number of ether oxygens (including phenoxy) is 2. The minimum absolute atomic E-state index is 0. The molecule has 4 aliphatic rings. The summed E-state index contributed by atoms with van der Waals surface area (Å²) < 4.78 is 37.5. The van der Waals surface area contributed by atoms with Crippen molar-refractivity contribution in [3.63, 3.8) is 0 Å². The van der Waals surface area contributed by atoms with Gasteiger partial charge in [0.25, 0.3) is 5.91 Å². The van der Waals surface area contributed by atoms with E-state index in [1.165, 1.54) is 0 Å². The number of carboxylic acid groups (broad SMARTS) is 1. The molecule has 8 aromatic rings. The van der Waals surface area contributed by atoms with E-state index in [1.807, 2.05) is 134 Å². The van der Waals surface area contributed by atoms with Crippen LogP contribution < -0.4 is 51.0 Å². The number of nitrogens with two attached hydrogens (primary N) is 1. The molecule has 4 N–H and O–H groups in total. The Balaban J connectivity index is 0.000000193. The van der Waals surface area contributed by atoms with Gasteiger partial charge in [-0.05, 0) is 193 Å². The summed E-state index contributed by atoms with van der Waals surface area (Å²) in [6.07, 6.45) is 0. The van der Waals surface area contributed by atoms with Crippen LogP contribution in [0.2, 0.25) is 0 Å². The third-order valence-corrected chi connectivity index (χ3v) is 20.4. The van der Waals surface area contributed by atoms with E-state index in [0.29, 0.717) is 16.8 Å². The highest BCUT2D eigenvalue weighted by Gasteiger charge is 2.53. The zero-order chi connectivity index (χ0) is 69.7. The molecule has 1 amide bonds. The molecule has 2 fully saturated rings. The van der Waals surface area contributed by atoms with Gasteiger partial charge in [-0.1, -0.05) is 92.4 Å². The summed E-state index contributed by atoms with van der Waals surface area (Å²) in [4.78, 5) is 35.3. The largest absolute Gasteiger partial charge is 0.494 e. The second-order valence-corrected chi connectivity index (χ2v) is 27.0. The van der Waals surface area contributed by atoms with E-state index in [4.69, 9.17) is 33.8 Å². The van der Waals surface area contributed by atoms with E-state index in [1.54, 1.807) is 12.1 Å². The Bertz CT molecular complexity index is 3910. The van der Waals surface area contributed by atoms with Gasteiger partial charge < -0.3 is 63.8 Å². The summed E-state index contributed by atoms with van der Waals surface area (Å²) in [7, 11) is -0.760. The Hall–Kier alpha value is -8.73. The summed E-state index contributed by atoms with van der Waals surface area (Å²) in [6, 6.07) is 56.1. The lowest BCUT2D eigenvalue weighted by molar-refractivity contribution is 0.00578. The van der Waals surface area contributed by atoms with E-state index in [9.17, 15) is 14.7 Å². The number of anilines is 6. The Labute approximate surface area is 583 Å². The Morgan fingerprint density at radius 3 is 1.00 bits per heavy atom. The lowest BCUT2D eigenvalue weighted by atomic mass is 9.79. The molecule has 15 nitrogen and oxygen atoms in total. The third-order valence-electron chi connectivity index (χ3n) is 20.4. The van der Waals surface area contributed by atoms with Gasteiger partial charge in [0, 0.05) is 150 Å². The molecular weight excluding hydrogens is 1220 g/mol. The summed E-state index contributed by atoms with van der Waals surface area (Å²) in [6.45, 7) is 40.8. The van der Waals surface area contributed by atoms with Crippen molar-refractivity contribution in [3.05, 3.63) is 214 Å². The Kier molecular flexibility index (Phi) is 22.9. The number of benzene rings is 8. The van der Waals surface area contributed by atoms with E-state index < -0.39 is 24.3 Å². The number of hydrogen-bond acceptors (Lipinski definition) is 13. The number of fused-ring (bicyclic) bond motifs is 4. The van der Waals surface area contributed by atoms with Crippen LogP contribution in [-0.4, -0.2) is 106 Å². The van der Waals surface area contributed by atoms with E-state index in [2.05, 4.69) is 159 Å². The van der Waals surface area contributed by atoms with Crippen molar-refractivity contribution in [1.29, 1.82) is 0 Å². The number of carbonyl (C=O) groups excluding carboxylic acids is 1. The number of carbonyl (C=O) groups is 2. The zero-order valence-corrected chi connectivity index (χ0v) is 59.7. The number of nitrogens with one attached hydrogen (secondary N) is 1. The fraction of sp³-hybridized carbons (Fsp3) is 0.383. The molecule has 12 rings (SSSR count). The summed E-state index contributed by atoms with van der Waals surface area (Å²) in [5.74, 6) is 1.73. The molecule has 0 unspecified atom stereocenters. The van der Waals surface area contributed by atoms with Crippen LogP contribution >= 0.6 is 0 Å². The molecule has 2 saturated heterocycles. The minimum atomic E-state index is -0.917. The molecule has 0 atom stereocenters. The standard InChI is InChI=1S/C40H48BN3O4.C28H32N2O3.C12H18BNO2.CH4/c1-9-43(10-2)29-21-23-33-35(25-29)46-36-26-30(44(11-3)12-4)22-24-34(36)37(33)31-15-13-14-16-32(31)38(45)42-28-19-17-27(18-20-28)41-47-39(5,6)40(7,8)48-41;1-5-29(6-2)19-13-15-23-25(17-19)33-26-18-20(30(7-3)8-4)14-16-24(26)27(23)21-11-9-10-12-22(21)28(31)32;1-11(2)12(3,4)16-13(15-11)9-5-7-10(14)8-6-9;/h13-26,37H,9-12H2,1-8H3,(H,42,45);9-18,27H,5-8H2,1-4H3,(H,31,32);5-8H,14H2,1-4H3;1H4. The lowest BCUT2D eigenvalue weighted by Crippen LogP contribution is -2.41. The molecule has 8 aromatic carbocycles. The molecule has 0 aliphatic carbocycles. The highest BCUT2D eigenvalue weighted by atomic mass is 16.7. The van der Waals surface area contributed by atoms with Crippen LogP contribution in [-0.2, 0) is 18.6 Å². The van der Waals surface area contributed by atoms with Crippen molar-refractivity contribution in [2.24, 2.45) is 0 Å². The molecule has 4 heterocycles. The predicted octanol–water partition coefficient (Wildman–Crippen LogP) is 16.8. The molecule has 0 spiro atoms. The van der Waals surface area contributed by atoms with Crippen LogP contribution in [0.15, 0.2) is 170 Å². The van der Waals surface area contributed by atoms with Gasteiger partial charge in [-0.2, -0.15) is 0 Å². The van der Waals surface area contributed by atoms with E-state index >= 15 is 0 Å². The second kappa shape index (κ2) is 30.6. The Morgan fingerprint density at radius 2 is 0.694 bits per heavy atom. The number of nitrogen functional groups attached to an aromatic ring is 1. The SMILES string of the molecule is C.CC1(C)OB(c2ccc(N)cc2)OC1(C)C.CCN(CC)c1ccc2c(c1)Oc1cc(N(CC)CC)ccc1C2c1ccccc1C(=O)Nc1ccc(B2OC(C)(C)C(C)(C)O2)cc1.CCN(CC)c1ccc2c(c1)Oc1cc(N(CC)CC)ccc1C2c1ccccc1C(=O)O. The molecule has 4 aliphatic heterocycles. The fourth-order valence-corrected chi connectivity index (χ4v) is 13.2. The van der Waals surface area contributed by atoms with Crippen LogP contribution in [0.4, 0.5) is 34.1 Å². The number of rotatable bonds is 19. The quantitative estimate of drug-likeness (QED) is 0.0518. The number of aromatic carboxylic acids is 1. The number of nitrogens with zero attached hydrogens (tertiary/aromatic N) is 4. The maximum absolute atomic E-state index is 14.1. The van der Waals surface area contributed by atoms with Crippen molar-refractivity contribution in [1.82, 2.24) is 0 Å². The molecule has 0 saturated carbocycles. The van der Waals surface area contributed by atoms with Crippen molar-refractivity contribution in [2.75, 3.05) is 83.0 Å². The third kappa shape index (κ3) is 15.1.